The minimum Gasteiger partial charge on any atom is -0.473 e. The maximum absolute atomic E-state index is 12.9. The van der Waals surface area contributed by atoms with Crippen molar-refractivity contribution in [1.29, 1.82) is 0 Å². The molecule has 4 rings (SSSR count). The van der Waals surface area contributed by atoms with Gasteiger partial charge in [-0.25, -0.2) is 4.98 Å². The Labute approximate surface area is 176 Å². The molecular formula is C25H24N2O3. The van der Waals surface area contributed by atoms with E-state index in [-0.39, 0.29) is 17.6 Å². The number of benzene rings is 2. The Balaban J connectivity index is 1.34. The van der Waals surface area contributed by atoms with Crippen LogP contribution in [0.2, 0.25) is 0 Å². The minimum absolute atomic E-state index is 0.0290. The first-order valence-corrected chi connectivity index (χ1v) is 10.2. The molecule has 0 unspecified atom stereocenters. The maximum atomic E-state index is 12.9. The van der Waals surface area contributed by atoms with Crippen LogP contribution in [0.1, 0.15) is 39.1 Å². The van der Waals surface area contributed by atoms with E-state index in [4.69, 9.17) is 4.74 Å². The Kier molecular flexibility index (Phi) is 6.18. The summed E-state index contributed by atoms with van der Waals surface area (Å²) in [7, 11) is 0. The lowest BCUT2D eigenvalue weighted by Crippen LogP contribution is -2.40. The van der Waals surface area contributed by atoms with Crippen LogP contribution in [0.5, 0.6) is 5.88 Å². The molecule has 30 heavy (non-hydrogen) atoms. The van der Waals surface area contributed by atoms with E-state index in [0.717, 1.165) is 11.1 Å². The van der Waals surface area contributed by atoms with E-state index in [2.05, 4.69) is 4.98 Å². The van der Waals surface area contributed by atoms with Crippen LogP contribution in [0.15, 0.2) is 79.0 Å². The number of rotatable bonds is 6. The van der Waals surface area contributed by atoms with E-state index in [9.17, 15) is 9.59 Å². The molecule has 1 aliphatic heterocycles. The number of Topliss-reactive ketones (excluding diaryl/α,β-unsaturated/α-hetero) is 1. The maximum Gasteiger partial charge on any atom is 0.254 e. The summed E-state index contributed by atoms with van der Waals surface area (Å²) in [5, 5.41) is 0. The van der Waals surface area contributed by atoms with Crippen molar-refractivity contribution in [2.75, 3.05) is 13.1 Å². The molecule has 0 bridgehead atoms. The van der Waals surface area contributed by atoms with Crippen LogP contribution in [-0.2, 0) is 6.61 Å². The summed E-state index contributed by atoms with van der Waals surface area (Å²) in [6.45, 7) is 1.55. The van der Waals surface area contributed by atoms with Crippen molar-refractivity contribution < 1.29 is 14.3 Å². The van der Waals surface area contributed by atoms with Gasteiger partial charge in [-0.15, -0.1) is 0 Å². The topological polar surface area (TPSA) is 59.5 Å². The summed E-state index contributed by atoms with van der Waals surface area (Å²) in [6, 6.07) is 22.6. The number of aromatic nitrogens is 1. The number of carbonyl (C=O) groups excluding carboxylic acids is 2. The summed E-state index contributed by atoms with van der Waals surface area (Å²) in [4.78, 5) is 31.6. The highest BCUT2D eigenvalue weighted by atomic mass is 16.5. The molecule has 5 heteroatoms. The van der Waals surface area contributed by atoms with Crippen molar-refractivity contribution in [3.63, 3.8) is 0 Å². The quantitative estimate of drug-likeness (QED) is 0.576. The summed E-state index contributed by atoms with van der Waals surface area (Å²) < 4.78 is 5.74. The summed E-state index contributed by atoms with van der Waals surface area (Å²) >= 11 is 0. The van der Waals surface area contributed by atoms with Crippen molar-refractivity contribution >= 4 is 11.7 Å². The molecule has 0 saturated carbocycles. The third-order valence-electron chi connectivity index (χ3n) is 5.42. The monoisotopic (exact) mass is 400 g/mol. The summed E-state index contributed by atoms with van der Waals surface area (Å²) in [5.74, 6) is 0.522. The average molecular weight is 400 g/mol. The van der Waals surface area contributed by atoms with Crippen molar-refractivity contribution in [2.45, 2.75) is 19.4 Å². The first kappa shape index (κ1) is 19.8. The van der Waals surface area contributed by atoms with Gasteiger partial charge in [-0.2, -0.15) is 0 Å². The molecule has 1 amide bonds. The van der Waals surface area contributed by atoms with E-state index < -0.39 is 0 Å². The highest BCUT2D eigenvalue weighted by Gasteiger charge is 2.28. The van der Waals surface area contributed by atoms with Crippen molar-refractivity contribution in [3.8, 4) is 5.88 Å². The molecule has 2 aromatic carbocycles. The molecule has 0 radical (unpaired) electrons. The molecule has 0 spiro atoms. The van der Waals surface area contributed by atoms with Crippen LogP contribution in [0.25, 0.3) is 0 Å². The van der Waals surface area contributed by atoms with Gasteiger partial charge in [-0.1, -0.05) is 60.7 Å². The Morgan fingerprint density at radius 3 is 2.27 bits per heavy atom. The molecule has 3 aromatic rings. The second kappa shape index (κ2) is 9.35. The molecule has 1 aliphatic rings. The third kappa shape index (κ3) is 4.74. The fourth-order valence-corrected chi connectivity index (χ4v) is 3.72. The van der Waals surface area contributed by atoms with Gasteiger partial charge in [0, 0.05) is 42.4 Å². The van der Waals surface area contributed by atoms with Crippen LogP contribution in [0.3, 0.4) is 0 Å². The fourth-order valence-electron chi connectivity index (χ4n) is 3.72. The molecule has 5 nitrogen and oxygen atoms in total. The molecule has 152 valence electrons. The smallest absolute Gasteiger partial charge is 0.254 e. The van der Waals surface area contributed by atoms with Crippen LogP contribution in [-0.4, -0.2) is 34.7 Å². The van der Waals surface area contributed by atoms with Gasteiger partial charge in [0.05, 0.1) is 0 Å². The number of piperidine rings is 1. The van der Waals surface area contributed by atoms with Crippen molar-refractivity contribution in [3.05, 3.63) is 95.7 Å². The summed E-state index contributed by atoms with van der Waals surface area (Å²) in [6.07, 6.45) is 2.96. The zero-order chi connectivity index (χ0) is 20.8. The van der Waals surface area contributed by atoms with Crippen molar-refractivity contribution in [1.82, 2.24) is 9.88 Å². The Hall–Kier alpha value is -3.47. The van der Waals surface area contributed by atoms with Crippen LogP contribution in [0.4, 0.5) is 0 Å². The second-order valence-corrected chi connectivity index (χ2v) is 7.45. The predicted octanol–water partition coefficient (Wildman–Crippen LogP) is 4.40. The lowest BCUT2D eigenvalue weighted by molar-refractivity contribution is 0.0650. The number of carbonyl (C=O) groups is 2. The standard InChI is InChI=1S/C25H24N2O3/c28-24(20-9-5-2-6-10-20)21-12-15-27(16-13-21)25(29)22-11-14-26-23(17-22)30-18-19-7-3-1-4-8-19/h1-11,14,17,21H,12-13,15-16,18H2. The molecule has 2 heterocycles. The third-order valence-corrected chi connectivity index (χ3v) is 5.42. The number of ketones is 1. The molecule has 0 N–H and O–H groups in total. The van der Waals surface area contributed by atoms with Gasteiger partial charge in [0.15, 0.2) is 5.78 Å². The second-order valence-electron chi connectivity index (χ2n) is 7.45. The van der Waals surface area contributed by atoms with E-state index in [1.165, 1.54) is 0 Å². The number of ether oxygens (including phenoxy) is 1. The Bertz CT molecular complexity index is 997. The van der Waals surface area contributed by atoms with Gasteiger partial charge in [-0.05, 0) is 24.5 Å². The first-order valence-electron chi connectivity index (χ1n) is 10.2. The highest BCUT2D eigenvalue weighted by Crippen LogP contribution is 2.23. The van der Waals surface area contributed by atoms with Crippen molar-refractivity contribution in [2.24, 2.45) is 5.92 Å². The molecule has 0 atom stereocenters. The lowest BCUT2D eigenvalue weighted by Gasteiger charge is -2.31. The number of pyridine rings is 1. The highest BCUT2D eigenvalue weighted by molar-refractivity contribution is 5.98. The van der Waals surface area contributed by atoms with Gasteiger partial charge in [0.1, 0.15) is 6.61 Å². The molecular weight excluding hydrogens is 376 g/mol. The molecule has 1 aromatic heterocycles. The van der Waals surface area contributed by atoms with Gasteiger partial charge >= 0.3 is 0 Å². The van der Waals surface area contributed by atoms with Gasteiger partial charge in [0.25, 0.3) is 5.91 Å². The number of hydrogen-bond acceptors (Lipinski definition) is 4. The van der Waals surface area contributed by atoms with Crippen LogP contribution in [0, 0.1) is 5.92 Å². The minimum atomic E-state index is -0.0485. The van der Waals surface area contributed by atoms with E-state index >= 15 is 0 Å². The number of hydrogen-bond donors (Lipinski definition) is 0. The average Bonchev–Trinajstić information content (AvgIpc) is 2.83. The zero-order valence-corrected chi connectivity index (χ0v) is 16.7. The van der Waals surface area contributed by atoms with Crippen LogP contribution >= 0.6 is 0 Å². The first-order chi connectivity index (χ1) is 14.7. The Morgan fingerprint density at radius 1 is 0.900 bits per heavy atom. The van der Waals surface area contributed by atoms with Crippen LogP contribution < -0.4 is 4.74 Å². The predicted molar refractivity (Wildman–Crippen MR) is 114 cm³/mol. The van der Waals surface area contributed by atoms with E-state index in [1.807, 2.05) is 65.6 Å². The van der Waals surface area contributed by atoms with Gasteiger partial charge in [0.2, 0.25) is 5.88 Å². The number of nitrogens with zero attached hydrogens (tertiary/aromatic N) is 2. The molecule has 0 aliphatic carbocycles. The van der Waals surface area contributed by atoms with Gasteiger partial charge < -0.3 is 9.64 Å². The van der Waals surface area contributed by atoms with E-state index in [0.29, 0.717) is 44.0 Å². The fraction of sp³-hybridized carbons (Fsp3) is 0.240. The summed E-state index contributed by atoms with van der Waals surface area (Å²) in [5.41, 5.74) is 2.35. The lowest BCUT2D eigenvalue weighted by atomic mass is 9.88. The molecule has 1 saturated heterocycles. The number of likely N-dealkylation sites (tertiary alicyclic amines) is 1. The van der Waals surface area contributed by atoms with E-state index in [1.54, 1.807) is 18.3 Å². The Morgan fingerprint density at radius 2 is 1.57 bits per heavy atom. The normalized spacial score (nSPS) is 14.3. The SMILES string of the molecule is O=C(c1ccccc1)C1CCN(C(=O)c2ccnc(OCc3ccccc3)c2)CC1. The number of amides is 1. The zero-order valence-electron chi connectivity index (χ0n) is 16.7. The van der Waals surface area contributed by atoms with Gasteiger partial charge in [-0.3, -0.25) is 9.59 Å². The molecule has 1 fully saturated rings. The largest absolute Gasteiger partial charge is 0.473 e.